The largest absolute Gasteiger partial charge is 0.348 e. The molecule has 0 aliphatic heterocycles. The first-order chi connectivity index (χ1) is 12.5. The summed E-state index contributed by atoms with van der Waals surface area (Å²) in [5.74, 6) is -0.249. The summed E-state index contributed by atoms with van der Waals surface area (Å²) in [6.07, 6.45) is 1.61. The topological polar surface area (TPSA) is 66.9 Å². The molecule has 7 heteroatoms. The number of H-pyrrole nitrogens is 1. The number of carbonyl (C=O) groups excluding carboxylic acids is 1. The highest BCUT2D eigenvalue weighted by Gasteiger charge is 2.10. The highest BCUT2D eigenvalue weighted by Crippen LogP contribution is 2.13. The van der Waals surface area contributed by atoms with E-state index in [9.17, 15) is 9.59 Å². The Bertz CT molecular complexity index is 1120. The van der Waals surface area contributed by atoms with Crippen molar-refractivity contribution in [2.45, 2.75) is 13.1 Å². The molecule has 0 aliphatic carbocycles. The number of hydrogen-bond acceptors (Lipinski definition) is 3. The lowest BCUT2D eigenvalue weighted by molar-refractivity contribution is 0.0951. The van der Waals surface area contributed by atoms with E-state index in [4.69, 9.17) is 23.8 Å². The van der Waals surface area contributed by atoms with Gasteiger partial charge in [0.1, 0.15) is 0 Å². The molecule has 1 amide bonds. The van der Waals surface area contributed by atoms with Crippen molar-refractivity contribution in [2.24, 2.45) is 0 Å². The number of amides is 1. The van der Waals surface area contributed by atoms with Gasteiger partial charge in [-0.3, -0.25) is 14.2 Å². The summed E-state index contributed by atoms with van der Waals surface area (Å²) < 4.78 is 1.71. The molecule has 0 aliphatic rings. The van der Waals surface area contributed by atoms with Crippen LogP contribution in [0.25, 0.3) is 10.9 Å². The molecule has 0 saturated heterocycles. The first kappa shape index (κ1) is 18.1. The number of allylic oxidation sites excluding steroid dienone is 1. The molecule has 0 fully saturated rings. The Balaban J connectivity index is 1.87. The van der Waals surface area contributed by atoms with E-state index in [0.717, 1.165) is 5.56 Å². The van der Waals surface area contributed by atoms with Crippen LogP contribution in [0.1, 0.15) is 15.9 Å². The van der Waals surface area contributed by atoms with Crippen LogP contribution in [0.5, 0.6) is 0 Å². The van der Waals surface area contributed by atoms with Crippen LogP contribution >= 0.6 is 23.8 Å². The molecule has 2 aromatic carbocycles. The number of halogens is 1. The Kier molecular flexibility index (Phi) is 5.35. The maximum absolute atomic E-state index is 12.5. The van der Waals surface area contributed by atoms with Crippen molar-refractivity contribution in [1.82, 2.24) is 14.9 Å². The molecule has 2 N–H and O–H groups in total. The third kappa shape index (κ3) is 3.76. The molecule has 3 rings (SSSR count). The zero-order valence-corrected chi connectivity index (χ0v) is 15.4. The third-order valence-electron chi connectivity index (χ3n) is 3.90. The Morgan fingerprint density at radius 1 is 1.31 bits per heavy atom. The van der Waals surface area contributed by atoms with Crippen molar-refractivity contribution in [2.75, 3.05) is 0 Å². The lowest BCUT2D eigenvalue weighted by Gasteiger charge is -2.08. The average molecular weight is 386 g/mol. The summed E-state index contributed by atoms with van der Waals surface area (Å²) in [5, 5.41) is 3.92. The van der Waals surface area contributed by atoms with E-state index < -0.39 is 0 Å². The Labute approximate surface area is 159 Å². The Morgan fingerprint density at radius 2 is 2.12 bits per heavy atom. The monoisotopic (exact) mass is 385 g/mol. The van der Waals surface area contributed by atoms with E-state index in [2.05, 4.69) is 16.9 Å². The third-order valence-corrected chi connectivity index (χ3v) is 4.46. The molecule has 132 valence electrons. The number of nitrogens with zero attached hydrogens (tertiary/aromatic N) is 1. The second-order valence-electron chi connectivity index (χ2n) is 5.71. The first-order valence-corrected chi connectivity index (χ1v) is 8.68. The second kappa shape index (κ2) is 7.68. The molecule has 0 bridgehead atoms. The lowest BCUT2D eigenvalue weighted by atomic mass is 10.1. The fourth-order valence-electron chi connectivity index (χ4n) is 2.62. The SMILES string of the molecule is C=CCn1c(=S)[nH]c2cc(C(=O)NCc3cccc(Cl)c3)ccc2c1=O. The number of rotatable bonds is 5. The number of carbonyl (C=O) groups is 1. The van der Waals surface area contributed by atoms with Gasteiger partial charge < -0.3 is 10.3 Å². The molecule has 0 unspecified atom stereocenters. The van der Waals surface area contributed by atoms with Gasteiger partial charge in [0, 0.05) is 23.7 Å². The number of nitrogens with one attached hydrogen (secondary N) is 2. The van der Waals surface area contributed by atoms with Gasteiger partial charge in [-0.1, -0.05) is 29.8 Å². The quantitative estimate of drug-likeness (QED) is 0.518. The molecule has 26 heavy (non-hydrogen) atoms. The molecule has 0 spiro atoms. The van der Waals surface area contributed by atoms with Gasteiger partial charge in [0.05, 0.1) is 10.9 Å². The standard InChI is InChI=1S/C19H16ClN3O2S/c1-2-8-23-18(25)15-7-6-13(10-16(15)22-19(23)26)17(24)21-11-12-4-3-5-14(20)9-12/h2-7,9-10H,1,8,11H2,(H,21,24)(H,22,26). The van der Waals surface area contributed by atoms with Gasteiger partial charge in [0.2, 0.25) is 0 Å². The normalized spacial score (nSPS) is 10.7. The number of aromatic amines is 1. The van der Waals surface area contributed by atoms with Gasteiger partial charge in [-0.2, -0.15) is 0 Å². The van der Waals surface area contributed by atoms with Crippen LogP contribution < -0.4 is 10.9 Å². The Hall–Kier alpha value is -2.70. The van der Waals surface area contributed by atoms with Crippen LogP contribution in [0, 0.1) is 4.77 Å². The summed E-state index contributed by atoms with van der Waals surface area (Å²) in [6, 6.07) is 12.1. The van der Waals surface area contributed by atoms with Gasteiger partial charge in [0.25, 0.3) is 11.5 Å². The van der Waals surface area contributed by atoms with Crippen LogP contribution in [-0.2, 0) is 13.1 Å². The van der Waals surface area contributed by atoms with Crippen molar-refractivity contribution in [3.63, 3.8) is 0 Å². The fourth-order valence-corrected chi connectivity index (χ4v) is 3.10. The minimum absolute atomic E-state index is 0.213. The molecule has 1 heterocycles. The summed E-state index contributed by atoms with van der Waals surface area (Å²) in [7, 11) is 0. The minimum atomic E-state index is -0.249. The van der Waals surface area contributed by atoms with Gasteiger partial charge in [-0.05, 0) is 48.1 Å². The number of hydrogen-bond donors (Lipinski definition) is 2. The maximum Gasteiger partial charge on any atom is 0.262 e. The van der Waals surface area contributed by atoms with E-state index in [1.54, 1.807) is 36.4 Å². The summed E-state index contributed by atoms with van der Waals surface area (Å²) in [6.45, 7) is 4.31. The van der Waals surface area contributed by atoms with Crippen LogP contribution in [0.4, 0.5) is 0 Å². The first-order valence-electron chi connectivity index (χ1n) is 7.90. The van der Waals surface area contributed by atoms with Crippen LogP contribution in [-0.4, -0.2) is 15.5 Å². The smallest absolute Gasteiger partial charge is 0.262 e. The van der Waals surface area contributed by atoms with Crippen LogP contribution in [0.15, 0.2) is 59.9 Å². The second-order valence-corrected chi connectivity index (χ2v) is 6.53. The molecule has 0 saturated carbocycles. The summed E-state index contributed by atoms with van der Waals surface area (Å²) in [5.41, 5.74) is 1.65. The highest BCUT2D eigenvalue weighted by molar-refractivity contribution is 7.71. The molecular weight excluding hydrogens is 370 g/mol. The molecule has 0 atom stereocenters. The van der Waals surface area contributed by atoms with E-state index >= 15 is 0 Å². The summed E-state index contributed by atoms with van der Waals surface area (Å²) >= 11 is 11.2. The predicted octanol–water partition coefficient (Wildman–Crippen LogP) is 3.83. The zero-order valence-electron chi connectivity index (χ0n) is 13.8. The molecule has 1 aromatic heterocycles. The van der Waals surface area contributed by atoms with E-state index in [1.165, 1.54) is 4.57 Å². The summed E-state index contributed by atoms with van der Waals surface area (Å²) in [4.78, 5) is 27.9. The van der Waals surface area contributed by atoms with Crippen molar-refractivity contribution in [1.29, 1.82) is 0 Å². The van der Waals surface area contributed by atoms with E-state index in [0.29, 0.717) is 39.3 Å². The molecule has 3 aromatic rings. The lowest BCUT2D eigenvalue weighted by Crippen LogP contribution is -2.24. The van der Waals surface area contributed by atoms with Gasteiger partial charge in [-0.25, -0.2) is 0 Å². The molecule has 0 radical (unpaired) electrons. The van der Waals surface area contributed by atoms with Crippen molar-refractivity contribution in [3.05, 3.63) is 86.4 Å². The van der Waals surface area contributed by atoms with Crippen LogP contribution in [0.3, 0.4) is 0 Å². The number of aromatic nitrogens is 2. The zero-order chi connectivity index (χ0) is 18.7. The van der Waals surface area contributed by atoms with Gasteiger partial charge in [-0.15, -0.1) is 6.58 Å². The number of benzene rings is 2. The van der Waals surface area contributed by atoms with Crippen molar-refractivity contribution >= 4 is 40.6 Å². The molecule has 5 nitrogen and oxygen atoms in total. The Morgan fingerprint density at radius 3 is 2.85 bits per heavy atom. The van der Waals surface area contributed by atoms with E-state index in [1.807, 2.05) is 12.1 Å². The minimum Gasteiger partial charge on any atom is -0.348 e. The van der Waals surface area contributed by atoms with E-state index in [-0.39, 0.29) is 11.5 Å². The van der Waals surface area contributed by atoms with Gasteiger partial charge in [0.15, 0.2) is 4.77 Å². The average Bonchev–Trinajstić information content (AvgIpc) is 2.62. The predicted molar refractivity (Wildman–Crippen MR) is 106 cm³/mol. The molecular formula is C19H16ClN3O2S. The number of fused-ring (bicyclic) bond motifs is 1. The van der Waals surface area contributed by atoms with Crippen molar-refractivity contribution < 1.29 is 4.79 Å². The van der Waals surface area contributed by atoms with Crippen molar-refractivity contribution in [3.8, 4) is 0 Å². The highest BCUT2D eigenvalue weighted by atomic mass is 35.5. The van der Waals surface area contributed by atoms with Gasteiger partial charge >= 0.3 is 0 Å². The maximum atomic E-state index is 12.5. The van der Waals surface area contributed by atoms with Crippen LogP contribution in [0.2, 0.25) is 5.02 Å². The fraction of sp³-hybridized carbons (Fsp3) is 0.105.